The topological polar surface area (TPSA) is 67.4 Å². The molecule has 23 heavy (non-hydrogen) atoms. The molecule has 5 heteroatoms. The van der Waals surface area contributed by atoms with E-state index in [0.29, 0.717) is 5.75 Å². The summed E-state index contributed by atoms with van der Waals surface area (Å²) in [5.41, 5.74) is 0.655. The lowest BCUT2D eigenvalue weighted by Crippen LogP contribution is -2.46. The van der Waals surface area contributed by atoms with E-state index in [-0.39, 0.29) is 35.9 Å². The molecule has 1 rings (SSSR count). The van der Waals surface area contributed by atoms with Gasteiger partial charge in [-0.1, -0.05) is 39.0 Å². The normalized spacial score (nSPS) is 11.7. The molecule has 0 radical (unpaired) electrons. The zero-order valence-corrected chi connectivity index (χ0v) is 14.9. The Hall–Kier alpha value is -2.04. The molecule has 2 amide bonds. The number of hydrogen-bond donors (Lipinski definition) is 2. The molecule has 0 bridgehead atoms. The van der Waals surface area contributed by atoms with Crippen molar-refractivity contribution < 1.29 is 14.3 Å². The minimum absolute atomic E-state index is 0.0552. The Morgan fingerprint density at radius 3 is 2.17 bits per heavy atom. The predicted molar refractivity (Wildman–Crippen MR) is 91.5 cm³/mol. The lowest BCUT2D eigenvalue weighted by atomic mass is 9.86. The third-order valence-corrected chi connectivity index (χ3v) is 3.01. The predicted octanol–water partition coefficient (Wildman–Crippen LogP) is 2.39. The molecule has 0 saturated carbocycles. The molecule has 0 aliphatic heterocycles. The highest BCUT2D eigenvalue weighted by Gasteiger charge is 2.19. The number of nitrogens with one attached hydrogen (secondary N) is 2. The third kappa shape index (κ3) is 7.17. The van der Waals surface area contributed by atoms with Crippen molar-refractivity contribution in [3.63, 3.8) is 0 Å². The van der Waals surface area contributed by atoms with Crippen LogP contribution in [0.5, 0.6) is 5.75 Å². The zero-order valence-electron chi connectivity index (χ0n) is 14.9. The Morgan fingerprint density at radius 1 is 1.00 bits per heavy atom. The second-order valence-corrected chi connectivity index (χ2v) is 7.61. The summed E-state index contributed by atoms with van der Waals surface area (Å²) >= 11 is 0. The van der Waals surface area contributed by atoms with Crippen LogP contribution in [0.25, 0.3) is 0 Å². The van der Waals surface area contributed by atoms with Crippen LogP contribution in [0.3, 0.4) is 0 Å². The van der Waals surface area contributed by atoms with Crippen LogP contribution in [0.15, 0.2) is 24.3 Å². The van der Waals surface area contributed by atoms with Crippen LogP contribution in [-0.4, -0.2) is 30.5 Å². The summed E-state index contributed by atoms with van der Waals surface area (Å²) < 4.78 is 5.61. The van der Waals surface area contributed by atoms with Gasteiger partial charge >= 0.3 is 0 Å². The summed E-state index contributed by atoms with van der Waals surface area (Å²) in [7, 11) is 0. The fraction of sp³-hybridized carbons (Fsp3) is 0.556. The maximum absolute atomic E-state index is 11.8. The highest BCUT2D eigenvalue weighted by atomic mass is 16.5. The maximum atomic E-state index is 11.8. The fourth-order valence-electron chi connectivity index (χ4n) is 2.05. The van der Waals surface area contributed by atoms with Crippen molar-refractivity contribution in [3.05, 3.63) is 29.8 Å². The molecular weight excluding hydrogens is 292 g/mol. The van der Waals surface area contributed by atoms with Gasteiger partial charge in [0.2, 0.25) is 5.91 Å². The second kappa shape index (κ2) is 7.49. The van der Waals surface area contributed by atoms with E-state index >= 15 is 0 Å². The minimum atomic E-state index is -0.322. The van der Waals surface area contributed by atoms with Gasteiger partial charge in [0, 0.05) is 5.54 Å². The zero-order chi connectivity index (χ0) is 17.7. The number of amides is 2. The van der Waals surface area contributed by atoms with Gasteiger partial charge in [-0.05, 0) is 37.8 Å². The molecule has 0 aliphatic rings. The number of ether oxygens (including phenoxy) is 1. The van der Waals surface area contributed by atoms with Crippen molar-refractivity contribution in [1.82, 2.24) is 10.6 Å². The molecule has 0 saturated heterocycles. The minimum Gasteiger partial charge on any atom is -0.483 e. The molecule has 128 valence electrons. The quantitative estimate of drug-likeness (QED) is 0.875. The first-order valence-corrected chi connectivity index (χ1v) is 7.79. The molecule has 1 aromatic rings. The molecule has 5 nitrogen and oxygen atoms in total. The van der Waals surface area contributed by atoms with Gasteiger partial charge in [-0.25, -0.2) is 0 Å². The average molecular weight is 320 g/mol. The van der Waals surface area contributed by atoms with Crippen molar-refractivity contribution >= 4 is 11.8 Å². The summed E-state index contributed by atoms with van der Waals surface area (Å²) in [6.45, 7) is 11.8. The summed E-state index contributed by atoms with van der Waals surface area (Å²) in [6.07, 6.45) is 0. The smallest absolute Gasteiger partial charge is 0.258 e. The summed E-state index contributed by atoms with van der Waals surface area (Å²) in [5, 5.41) is 5.34. The Bertz CT molecular complexity index is 554. The van der Waals surface area contributed by atoms with Crippen molar-refractivity contribution in [3.8, 4) is 5.75 Å². The molecule has 0 aliphatic carbocycles. The van der Waals surface area contributed by atoms with Gasteiger partial charge in [0.15, 0.2) is 6.61 Å². The van der Waals surface area contributed by atoms with E-state index in [1.807, 2.05) is 45.0 Å². The van der Waals surface area contributed by atoms with Crippen LogP contribution in [0, 0.1) is 0 Å². The molecule has 0 fully saturated rings. The van der Waals surface area contributed by atoms with Crippen molar-refractivity contribution in [1.29, 1.82) is 0 Å². The average Bonchev–Trinajstić information content (AvgIpc) is 2.40. The Labute approximate surface area is 138 Å². The van der Waals surface area contributed by atoms with Crippen LogP contribution in [0.4, 0.5) is 0 Å². The first-order chi connectivity index (χ1) is 10.5. The lowest BCUT2D eigenvalue weighted by molar-refractivity contribution is -0.127. The van der Waals surface area contributed by atoms with Gasteiger partial charge in [0.1, 0.15) is 5.75 Å². The summed E-state index contributed by atoms with van der Waals surface area (Å²) in [6, 6.07) is 7.66. The van der Waals surface area contributed by atoms with E-state index in [0.717, 1.165) is 5.56 Å². The summed E-state index contributed by atoms with van der Waals surface area (Å²) in [4.78, 5) is 23.5. The van der Waals surface area contributed by atoms with Crippen LogP contribution < -0.4 is 15.4 Å². The number of para-hydroxylation sites is 1. The lowest BCUT2D eigenvalue weighted by Gasteiger charge is -2.22. The van der Waals surface area contributed by atoms with E-state index < -0.39 is 0 Å². The first kappa shape index (κ1) is 19.0. The fourth-order valence-corrected chi connectivity index (χ4v) is 2.05. The highest BCUT2D eigenvalue weighted by Crippen LogP contribution is 2.30. The Kier molecular flexibility index (Phi) is 6.19. The van der Waals surface area contributed by atoms with Crippen LogP contribution in [0.2, 0.25) is 0 Å². The van der Waals surface area contributed by atoms with Gasteiger partial charge in [0.25, 0.3) is 5.91 Å². The third-order valence-electron chi connectivity index (χ3n) is 3.01. The number of hydrogen-bond acceptors (Lipinski definition) is 3. The van der Waals surface area contributed by atoms with Crippen molar-refractivity contribution in [2.24, 2.45) is 0 Å². The number of carbonyl (C=O) groups is 2. The van der Waals surface area contributed by atoms with E-state index in [2.05, 4.69) is 31.4 Å². The largest absolute Gasteiger partial charge is 0.483 e. The molecular formula is C18H28N2O3. The Balaban J connectivity index is 2.50. The molecule has 0 heterocycles. The van der Waals surface area contributed by atoms with Gasteiger partial charge in [0.05, 0.1) is 6.54 Å². The number of carbonyl (C=O) groups excluding carboxylic acids is 2. The van der Waals surface area contributed by atoms with Crippen LogP contribution >= 0.6 is 0 Å². The molecule has 0 unspecified atom stereocenters. The molecule has 2 N–H and O–H groups in total. The molecule has 1 aromatic carbocycles. The maximum Gasteiger partial charge on any atom is 0.258 e. The molecule has 0 spiro atoms. The monoisotopic (exact) mass is 320 g/mol. The second-order valence-electron chi connectivity index (χ2n) is 7.61. The van der Waals surface area contributed by atoms with Crippen LogP contribution in [0.1, 0.15) is 47.1 Å². The van der Waals surface area contributed by atoms with Crippen molar-refractivity contribution in [2.75, 3.05) is 13.2 Å². The van der Waals surface area contributed by atoms with E-state index in [1.165, 1.54) is 0 Å². The van der Waals surface area contributed by atoms with E-state index in [9.17, 15) is 9.59 Å². The molecule has 0 aromatic heterocycles. The van der Waals surface area contributed by atoms with E-state index in [1.54, 1.807) is 0 Å². The Morgan fingerprint density at radius 2 is 1.61 bits per heavy atom. The van der Waals surface area contributed by atoms with Gasteiger partial charge in [-0.2, -0.15) is 0 Å². The van der Waals surface area contributed by atoms with Crippen molar-refractivity contribution in [2.45, 2.75) is 52.5 Å². The SMILES string of the molecule is CC(C)(C)NC(=O)CNC(=O)COc1ccccc1C(C)(C)C. The highest BCUT2D eigenvalue weighted by molar-refractivity contribution is 5.85. The number of rotatable bonds is 5. The standard InChI is InChI=1S/C18H28N2O3/c1-17(2,3)13-9-7-8-10-14(13)23-12-16(22)19-11-15(21)20-18(4,5)6/h7-10H,11-12H2,1-6H3,(H,19,22)(H,20,21). The van der Waals surface area contributed by atoms with Gasteiger partial charge in [-0.15, -0.1) is 0 Å². The van der Waals surface area contributed by atoms with Gasteiger partial charge < -0.3 is 15.4 Å². The summed E-state index contributed by atoms with van der Waals surface area (Å²) in [5.74, 6) is 0.146. The van der Waals surface area contributed by atoms with E-state index in [4.69, 9.17) is 4.74 Å². The van der Waals surface area contributed by atoms with Crippen LogP contribution in [-0.2, 0) is 15.0 Å². The number of benzene rings is 1. The first-order valence-electron chi connectivity index (χ1n) is 7.79. The van der Waals surface area contributed by atoms with Gasteiger partial charge in [-0.3, -0.25) is 9.59 Å². The molecule has 0 atom stereocenters.